The number of amides is 1. The zero-order valence-electron chi connectivity index (χ0n) is 16.0. The van der Waals surface area contributed by atoms with Gasteiger partial charge in [0.05, 0.1) is 16.3 Å². The highest BCUT2D eigenvalue weighted by Gasteiger charge is 2.36. The number of hydrogen-bond acceptors (Lipinski definition) is 5. The summed E-state index contributed by atoms with van der Waals surface area (Å²) in [5.41, 5.74) is 0.710. The highest BCUT2D eigenvalue weighted by molar-refractivity contribution is 6.31. The second-order valence-electron chi connectivity index (χ2n) is 7.28. The van der Waals surface area contributed by atoms with E-state index in [1.807, 2.05) is 0 Å². The number of rotatable bonds is 6. The summed E-state index contributed by atoms with van der Waals surface area (Å²) in [4.78, 5) is 23.6. The lowest BCUT2D eigenvalue weighted by atomic mass is 9.97. The fraction of sp³-hybridized carbons (Fsp3) is 0.316. The number of H-pyrrole nitrogens is 1. The van der Waals surface area contributed by atoms with Gasteiger partial charge in [0.2, 0.25) is 5.91 Å². The number of nitrogens with zero attached hydrogens (tertiary/aromatic N) is 2. The highest BCUT2D eigenvalue weighted by Crippen LogP contribution is 2.30. The molecule has 3 heterocycles. The third-order valence-electron chi connectivity index (χ3n) is 4.29. The molecule has 0 saturated heterocycles. The van der Waals surface area contributed by atoms with Gasteiger partial charge in [-0.1, -0.05) is 11.6 Å². The molecule has 0 aliphatic carbocycles. The second kappa shape index (κ2) is 8.11. The van der Waals surface area contributed by atoms with Crippen molar-refractivity contribution in [3.8, 4) is 11.1 Å². The number of hydrogen-bond donors (Lipinski definition) is 4. The van der Waals surface area contributed by atoms with Gasteiger partial charge in [-0.15, -0.1) is 0 Å². The predicted molar refractivity (Wildman–Crippen MR) is 107 cm³/mol. The average Bonchev–Trinajstić information content (AvgIpc) is 3.06. The molecular weight excluding hydrogens is 423 g/mol. The molecule has 0 radical (unpaired) electrons. The van der Waals surface area contributed by atoms with Crippen LogP contribution in [0, 0.1) is 0 Å². The number of anilines is 1. The molecule has 0 bridgehead atoms. The summed E-state index contributed by atoms with van der Waals surface area (Å²) in [6, 6.07) is 2.04. The molecule has 30 heavy (non-hydrogen) atoms. The van der Waals surface area contributed by atoms with Crippen molar-refractivity contribution in [2.24, 2.45) is 0 Å². The van der Waals surface area contributed by atoms with E-state index in [0.717, 1.165) is 10.9 Å². The Morgan fingerprint density at radius 3 is 2.67 bits per heavy atom. The quantitative estimate of drug-likeness (QED) is 0.469. The van der Waals surface area contributed by atoms with Crippen LogP contribution in [-0.2, 0) is 4.79 Å². The van der Waals surface area contributed by atoms with Crippen molar-refractivity contribution in [1.82, 2.24) is 20.3 Å². The van der Waals surface area contributed by atoms with E-state index in [-0.39, 0.29) is 0 Å². The number of alkyl halides is 3. The Morgan fingerprint density at radius 1 is 1.27 bits per heavy atom. The number of aromatic amines is 1. The maximum Gasteiger partial charge on any atom is 0.405 e. The van der Waals surface area contributed by atoms with E-state index < -0.39 is 30.3 Å². The summed E-state index contributed by atoms with van der Waals surface area (Å²) in [6.07, 6.45) is 1.65. The molecule has 4 N–H and O–H groups in total. The van der Waals surface area contributed by atoms with Crippen molar-refractivity contribution >= 4 is 34.2 Å². The van der Waals surface area contributed by atoms with Crippen LogP contribution in [0.4, 0.5) is 18.9 Å². The summed E-state index contributed by atoms with van der Waals surface area (Å²) >= 11 is 6.03. The Labute approximate surface area is 174 Å². The number of aliphatic hydroxyl groups is 1. The number of aromatic nitrogens is 3. The second-order valence-corrected chi connectivity index (χ2v) is 7.71. The third-order valence-corrected chi connectivity index (χ3v) is 4.50. The first kappa shape index (κ1) is 21.8. The summed E-state index contributed by atoms with van der Waals surface area (Å²) in [7, 11) is 0. The molecular formula is C19H19ClF3N5O2. The highest BCUT2D eigenvalue weighted by atomic mass is 35.5. The van der Waals surface area contributed by atoms with Crippen molar-refractivity contribution in [2.75, 3.05) is 11.9 Å². The van der Waals surface area contributed by atoms with Gasteiger partial charge < -0.3 is 20.7 Å². The first-order valence-electron chi connectivity index (χ1n) is 8.85. The normalized spacial score (nSPS) is 13.3. The van der Waals surface area contributed by atoms with Crippen LogP contribution in [0.25, 0.3) is 22.2 Å². The van der Waals surface area contributed by atoms with Gasteiger partial charge in [0.25, 0.3) is 0 Å². The minimum Gasteiger partial charge on any atom is -0.388 e. The molecule has 0 unspecified atom stereocenters. The van der Waals surface area contributed by atoms with Crippen LogP contribution >= 0.6 is 11.6 Å². The van der Waals surface area contributed by atoms with Gasteiger partial charge in [-0.25, -0.2) is 4.98 Å². The molecule has 160 valence electrons. The van der Waals surface area contributed by atoms with Crippen LogP contribution in [0.5, 0.6) is 0 Å². The summed E-state index contributed by atoms with van der Waals surface area (Å²) in [5.74, 6) is -0.992. The number of carbonyl (C=O) groups excluding carboxylic acids is 1. The van der Waals surface area contributed by atoms with E-state index in [4.69, 9.17) is 11.6 Å². The first-order chi connectivity index (χ1) is 13.9. The minimum absolute atomic E-state index is 0.339. The predicted octanol–water partition coefficient (Wildman–Crippen LogP) is 3.51. The SMILES string of the molecule is CC(C)(O)[C@@H](Nc1cncc(-c2c[nH]c3ncc(Cl)cc23)c1)C(=O)NCC(F)(F)F. The average molecular weight is 442 g/mol. The summed E-state index contributed by atoms with van der Waals surface area (Å²) in [5, 5.41) is 16.1. The topological polar surface area (TPSA) is 103 Å². The van der Waals surface area contributed by atoms with Crippen LogP contribution in [-0.4, -0.2) is 50.3 Å². The van der Waals surface area contributed by atoms with Crippen LogP contribution in [0.1, 0.15) is 13.8 Å². The van der Waals surface area contributed by atoms with E-state index in [1.54, 1.807) is 29.8 Å². The van der Waals surface area contributed by atoms with E-state index in [1.165, 1.54) is 26.2 Å². The Bertz CT molecular complexity index is 1060. The van der Waals surface area contributed by atoms with E-state index in [9.17, 15) is 23.1 Å². The molecule has 0 fully saturated rings. The number of pyridine rings is 2. The van der Waals surface area contributed by atoms with Gasteiger partial charge in [0.1, 0.15) is 18.2 Å². The van der Waals surface area contributed by atoms with Gasteiger partial charge in [-0.3, -0.25) is 9.78 Å². The number of nitrogens with one attached hydrogen (secondary N) is 3. The number of carbonyl (C=O) groups is 1. The van der Waals surface area contributed by atoms with Crippen molar-refractivity contribution in [3.63, 3.8) is 0 Å². The van der Waals surface area contributed by atoms with Crippen molar-refractivity contribution in [3.05, 3.63) is 41.9 Å². The van der Waals surface area contributed by atoms with Crippen molar-refractivity contribution in [1.29, 1.82) is 0 Å². The summed E-state index contributed by atoms with van der Waals surface area (Å²) < 4.78 is 37.3. The largest absolute Gasteiger partial charge is 0.405 e. The molecule has 3 aromatic heterocycles. The van der Waals surface area contributed by atoms with Gasteiger partial charge in [0, 0.05) is 41.3 Å². The maximum atomic E-state index is 12.4. The standard InChI is InChI=1S/C19H19ClF3N5O2/c1-18(2,30)15(17(29)27-9-19(21,22)23)28-12-3-10(5-24-7-12)14-8-26-16-13(14)4-11(20)6-25-16/h3-8,15,28,30H,9H2,1-2H3,(H,25,26)(H,27,29)/t15-/m0/s1. The van der Waals surface area contributed by atoms with Crippen LogP contribution in [0.3, 0.4) is 0 Å². The Hall–Kier alpha value is -2.85. The first-order valence-corrected chi connectivity index (χ1v) is 9.23. The lowest BCUT2D eigenvalue weighted by molar-refractivity contribution is -0.141. The molecule has 1 amide bonds. The van der Waals surface area contributed by atoms with E-state index in [0.29, 0.717) is 21.9 Å². The molecule has 0 aliphatic heterocycles. The Kier molecular flexibility index (Phi) is 5.91. The van der Waals surface area contributed by atoms with Gasteiger partial charge in [0.15, 0.2) is 0 Å². The number of fused-ring (bicyclic) bond motifs is 1. The fourth-order valence-corrected chi connectivity index (χ4v) is 3.06. The molecule has 7 nitrogen and oxygen atoms in total. The van der Waals surface area contributed by atoms with Crippen LogP contribution < -0.4 is 10.6 Å². The lowest BCUT2D eigenvalue weighted by Crippen LogP contribution is -2.53. The molecule has 0 aliphatic rings. The van der Waals surface area contributed by atoms with E-state index >= 15 is 0 Å². The van der Waals surface area contributed by atoms with Gasteiger partial charge >= 0.3 is 6.18 Å². The molecule has 0 saturated carbocycles. The summed E-state index contributed by atoms with van der Waals surface area (Å²) in [6.45, 7) is 1.15. The van der Waals surface area contributed by atoms with Gasteiger partial charge in [-0.05, 0) is 26.0 Å². The minimum atomic E-state index is -4.56. The molecule has 0 aromatic carbocycles. The lowest BCUT2D eigenvalue weighted by Gasteiger charge is -2.30. The zero-order chi connectivity index (χ0) is 22.1. The molecule has 0 spiro atoms. The molecule has 11 heteroatoms. The van der Waals surface area contributed by atoms with Crippen LogP contribution in [0.15, 0.2) is 36.9 Å². The Balaban J connectivity index is 1.88. The molecule has 3 aromatic rings. The van der Waals surface area contributed by atoms with Crippen molar-refractivity contribution < 1.29 is 23.1 Å². The number of halogens is 4. The molecule has 1 atom stereocenters. The smallest absolute Gasteiger partial charge is 0.388 e. The third kappa shape index (κ3) is 5.19. The fourth-order valence-electron chi connectivity index (χ4n) is 2.90. The van der Waals surface area contributed by atoms with Gasteiger partial charge in [-0.2, -0.15) is 13.2 Å². The Morgan fingerprint density at radius 2 is 2.00 bits per heavy atom. The monoisotopic (exact) mass is 441 g/mol. The van der Waals surface area contributed by atoms with Crippen LogP contribution in [0.2, 0.25) is 5.02 Å². The zero-order valence-corrected chi connectivity index (χ0v) is 16.8. The maximum absolute atomic E-state index is 12.4. The van der Waals surface area contributed by atoms with Crippen molar-refractivity contribution in [2.45, 2.75) is 31.7 Å². The molecule has 3 rings (SSSR count). The van der Waals surface area contributed by atoms with E-state index in [2.05, 4.69) is 20.3 Å².